The third kappa shape index (κ3) is 4.77. The number of hydrogen-bond donors (Lipinski definition) is 2. The largest absolute Gasteiger partial charge is 0.494 e. The maximum Gasteiger partial charge on any atom is 0.243 e. The van der Waals surface area contributed by atoms with Crippen LogP contribution in [0.1, 0.15) is 13.3 Å². The van der Waals surface area contributed by atoms with Crippen LogP contribution in [0, 0.1) is 5.82 Å². The molecule has 0 aromatic heterocycles. The molecule has 0 aliphatic rings. The highest BCUT2D eigenvalue weighted by Crippen LogP contribution is 2.16. The van der Waals surface area contributed by atoms with E-state index >= 15 is 0 Å². The first-order valence-corrected chi connectivity index (χ1v) is 7.20. The number of anilines is 2. The van der Waals surface area contributed by atoms with Gasteiger partial charge in [-0.3, -0.25) is 4.79 Å². The molecule has 0 bridgehead atoms. The Morgan fingerprint density at radius 1 is 1.14 bits per heavy atom. The fraction of sp³-hybridized carbons (Fsp3) is 0.235. The summed E-state index contributed by atoms with van der Waals surface area (Å²) in [5.74, 6) is 0.141. The van der Waals surface area contributed by atoms with Crippen LogP contribution in [0.5, 0.6) is 5.75 Å². The van der Waals surface area contributed by atoms with Crippen molar-refractivity contribution in [1.82, 2.24) is 0 Å². The van der Waals surface area contributed by atoms with Crippen molar-refractivity contribution < 1.29 is 13.9 Å². The van der Waals surface area contributed by atoms with Gasteiger partial charge in [-0.05, 0) is 42.8 Å². The van der Waals surface area contributed by atoms with Crippen LogP contribution in [-0.2, 0) is 4.79 Å². The Balaban J connectivity index is 1.83. The zero-order chi connectivity index (χ0) is 15.8. The van der Waals surface area contributed by atoms with Crippen LogP contribution in [-0.4, -0.2) is 19.1 Å². The van der Waals surface area contributed by atoms with E-state index in [9.17, 15) is 9.18 Å². The zero-order valence-corrected chi connectivity index (χ0v) is 12.4. The maximum atomic E-state index is 13.4. The van der Waals surface area contributed by atoms with Crippen molar-refractivity contribution in [3.8, 4) is 5.75 Å². The van der Waals surface area contributed by atoms with Gasteiger partial charge in [0.25, 0.3) is 0 Å². The van der Waals surface area contributed by atoms with Gasteiger partial charge in [-0.1, -0.05) is 19.1 Å². The molecule has 0 atom stereocenters. The number of carbonyl (C=O) groups excluding carboxylic acids is 1. The normalized spacial score (nSPS) is 10.1. The predicted molar refractivity (Wildman–Crippen MR) is 85.7 cm³/mol. The van der Waals surface area contributed by atoms with E-state index in [0.717, 1.165) is 12.2 Å². The van der Waals surface area contributed by atoms with Crippen molar-refractivity contribution in [2.75, 3.05) is 23.8 Å². The third-order valence-corrected chi connectivity index (χ3v) is 2.92. The van der Waals surface area contributed by atoms with Crippen LogP contribution in [0.4, 0.5) is 15.8 Å². The number of ether oxygens (including phenoxy) is 1. The minimum Gasteiger partial charge on any atom is -0.494 e. The van der Waals surface area contributed by atoms with Crippen molar-refractivity contribution in [3.05, 3.63) is 54.3 Å². The first-order chi connectivity index (χ1) is 10.7. The zero-order valence-electron chi connectivity index (χ0n) is 12.4. The molecule has 0 fully saturated rings. The lowest BCUT2D eigenvalue weighted by molar-refractivity contribution is -0.114. The van der Waals surface area contributed by atoms with Crippen molar-refractivity contribution in [1.29, 1.82) is 0 Å². The number of benzene rings is 2. The Morgan fingerprint density at radius 2 is 1.86 bits per heavy atom. The summed E-state index contributed by atoms with van der Waals surface area (Å²) in [6, 6.07) is 13.4. The van der Waals surface area contributed by atoms with E-state index in [1.807, 2.05) is 6.92 Å². The molecular formula is C17H19FN2O2. The van der Waals surface area contributed by atoms with Crippen LogP contribution >= 0.6 is 0 Å². The average molecular weight is 302 g/mol. The van der Waals surface area contributed by atoms with E-state index in [4.69, 9.17) is 4.74 Å². The summed E-state index contributed by atoms with van der Waals surface area (Å²) >= 11 is 0. The molecule has 2 aromatic rings. The van der Waals surface area contributed by atoms with Crippen molar-refractivity contribution in [2.24, 2.45) is 0 Å². The SMILES string of the molecule is CCCOc1ccc(NC(=O)CNc2ccccc2F)cc1. The summed E-state index contributed by atoms with van der Waals surface area (Å²) in [6.45, 7) is 2.70. The lowest BCUT2D eigenvalue weighted by atomic mass is 10.3. The summed E-state index contributed by atoms with van der Waals surface area (Å²) in [7, 11) is 0. The van der Waals surface area contributed by atoms with Crippen LogP contribution < -0.4 is 15.4 Å². The number of amides is 1. The van der Waals surface area contributed by atoms with E-state index in [1.54, 1.807) is 42.5 Å². The highest BCUT2D eigenvalue weighted by atomic mass is 19.1. The number of hydrogen-bond acceptors (Lipinski definition) is 3. The van der Waals surface area contributed by atoms with Crippen molar-refractivity contribution >= 4 is 17.3 Å². The van der Waals surface area contributed by atoms with Crippen LogP contribution in [0.25, 0.3) is 0 Å². The summed E-state index contributed by atoms with van der Waals surface area (Å²) in [5, 5.41) is 5.50. The number of carbonyl (C=O) groups is 1. The number of halogens is 1. The highest BCUT2D eigenvalue weighted by molar-refractivity contribution is 5.93. The van der Waals surface area contributed by atoms with E-state index in [-0.39, 0.29) is 18.3 Å². The molecule has 0 unspecified atom stereocenters. The molecule has 0 aliphatic heterocycles. The molecule has 4 nitrogen and oxygen atoms in total. The molecule has 5 heteroatoms. The molecule has 0 saturated heterocycles. The van der Waals surface area contributed by atoms with Gasteiger partial charge in [0.1, 0.15) is 11.6 Å². The molecule has 2 rings (SSSR count). The van der Waals surface area contributed by atoms with Crippen molar-refractivity contribution in [2.45, 2.75) is 13.3 Å². The molecule has 0 spiro atoms. The fourth-order valence-corrected chi connectivity index (χ4v) is 1.84. The highest BCUT2D eigenvalue weighted by Gasteiger charge is 2.05. The van der Waals surface area contributed by atoms with Crippen LogP contribution in [0.3, 0.4) is 0 Å². The lowest BCUT2D eigenvalue weighted by Crippen LogP contribution is -2.22. The topological polar surface area (TPSA) is 50.4 Å². The standard InChI is InChI=1S/C17H19FN2O2/c1-2-11-22-14-9-7-13(8-10-14)20-17(21)12-19-16-6-4-3-5-15(16)18/h3-10,19H,2,11-12H2,1H3,(H,20,21). The maximum absolute atomic E-state index is 13.4. The monoisotopic (exact) mass is 302 g/mol. The van der Waals surface area contributed by atoms with Crippen LogP contribution in [0.2, 0.25) is 0 Å². The molecule has 0 saturated carbocycles. The molecule has 22 heavy (non-hydrogen) atoms. The van der Waals surface area contributed by atoms with Gasteiger partial charge >= 0.3 is 0 Å². The van der Waals surface area contributed by atoms with Gasteiger partial charge in [-0.25, -0.2) is 4.39 Å². The molecule has 2 N–H and O–H groups in total. The van der Waals surface area contributed by atoms with Crippen molar-refractivity contribution in [3.63, 3.8) is 0 Å². The van der Waals surface area contributed by atoms with E-state index in [1.165, 1.54) is 6.07 Å². The molecule has 1 amide bonds. The smallest absolute Gasteiger partial charge is 0.243 e. The Bertz CT molecular complexity index is 614. The number of nitrogens with one attached hydrogen (secondary N) is 2. The molecule has 0 heterocycles. The number of rotatable bonds is 7. The van der Waals surface area contributed by atoms with E-state index in [0.29, 0.717) is 18.0 Å². The Kier molecular flexibility index (Phi) is 5.77. The van der Waals surface area contributed by atoms with Gasteiger partial charge in [-0.2, -0.15) is 0 Å². The van der Waals surface area contributed by atoms with E-state index < -0.39 is 0 Å². The first kappa shape index (κ1) is 15.8. The summed E-state index contributed by atoms with van der Waals surface area (Å²) in [5.41, 5.74) is 0.977. The molecule has 0 aliphatic carbocycles. The molecular weight excluding hydrogens is 283 g/mol. The lowest BCUT2D eigenvalue weighted by Gasteiger charge is -2.09. The average Bonchev–Trinajstić information content (AvgIpc) is 2.53. The minimum atomic E-state index is -0.382. The van der Waals surface area contributed by atoms with Gasteiger partial charge in [0.15, 0.2) is 0 Å². The number of para-hydroxylation sites is 1. The molecule has 116 valence electrons. The van der Waals surface area contributed by atoms with Gasteiger partial charge in [0, 0.05) is 5.69 Å². The summed E-state index contributed by atoms with van der Waals surface area (Å²) < 4.78 is 18.9. The van der Waals surface area contributed by atoms with Gasteiger partial charge < -0.3 is 15.4 Å². The van der Waals surface area contributed by atoms with Crippen LogP contribution in [0.15, 0.2) is 48.5 Å². The quantitative estimate of drug-likeness (QED) is 0.820. The Morgan fingerprint density at radius 3 is 2.55 bits per heavy atom. The van der Waals surface area contributed by atoms with Gasteiger partial charge in [0.05, 0.1) is 18.8 Å². The summed E-state index contributed by atoms with van der Waals surface area (Å²) in [6.07, 6.45) is 0.945. The minimum absolute atomic E-state index is 0.00494. The fourth-order valence-electron chi connectivity index (χ4n) is 1.84. The second-order valence-electron chi connectivity index (χ2n) is 4.75. The summed E-state index contributed by atoms with van der Waals surface area (Å²) in [4.78, 5) is 11.8. The van der Waals surface area contributed by atoms with Gasteiger partial charge in [0.2, 0.25) is 5.91 Å². The Hall–Kier alpha value is -2.56. The third-order valence-electron chi connectivity index (χ3n) is 2.92. The van der Waals surface area contributed by atoms with E-state index in [2.05, 4.69) is 10.6 Å². The molecule has 0 radical (unpaired) electrons. The second-order valence-corrected chi connectivity index (χ2v) is 4.75. The molecule has 2 aromatic carbocycles. The predicted octanol–water partition coefficient (Wildman–Crippen LogP) is 3.67. The second kappa shape index (κ2) is 8.02. The van der Waals surface area contributed by atoms with Gasteiger partial charge in [-0.15, -0.1) is 0 Å². The Labute approximate surface area is 129 Å². The first-order valence-electron chi connectivity index (χ1n) is 7.20.